The van der Waals surface area contributed by atoms with Crippen molar-refractivity contribution in [1.29, 1.82) is 0 Å². The average molecular weight is 732 g/mol. The molecule has 0 saturated carbocycles. The molecule has 11 rings (SSSR count). The third-order valence-electron chi connectivity index (χ3n) is 11.9. The van der Waals surface area contributed by atoms with E-state index < -0.39 is 0 Å². The fraction of sp³-hybridized carbons (Fsp3) is 0.0556. The van der Waals surface area contributed by atoms with E-state index in [9.17, 15) is 0 Å². The summed E-state index contributed by atoms with van der Waals surface area (Å²) < 4.78 is 1.20. The minimum Gasteiger partial charge on any atom is -0.236 e. The highest BCUT2D eigenvalue weighted by Crippen LogP contribution is 2.55. The predicted octanol–water partition coefficient (Wildman–Crippen LogP) is 15.2. The van der Waals surface area contributed by atoms with Gasteiger partial charge >= 0.3 is 0 Å². The number of aromatic nitrogens is 1. The molecule has 1 aromatic heterocycles. The first-order chi connectivity index (χ1) is 27.5. The molecule has 1 aliphatic rings. The van der Waals surface area contributed by atoms with Crippen LogP contribution in [0.4, 0.5) is 0 Å². The molecule has 0 atom stereocenters. The molecule has 9 aromatic carbocycles. The maximum Gasteiger partial charge on any atom is 0.124 e. The van der Waals surface area contributed by atoms with Crippen LogP contribution in [-0.4, -0.2) is 4.98 Å². The van der Waals surface area contributed by atoms with Gasteiger partial charge in [0.2, 0.25) is 0 Å². The lowest BCUT2D eigenvalue weighted by atomic mass is 9.78. The molecule has 0 N–H and O–H groups in total. The average Bonchev–Trinajstić information content (AvgIpc) is 3.79. The van der Waals surface area contributed by atoms with E-state index in [1.54, 1.807) is 11.3 Å². The largest absolute Gasteiger partial charge is 0.236 e. The van der Waals surface area contributed by atoms with E-state index in [4.69, 9.17) is 4.98 Å². The summed E-state index contributed by atoms with van der Waals surface area (Å²) in [7, 11) is 0. The number of thiazole rings is 1. The first-order valence-corrected chi connectivity index (χ1v) is 20.2. The van der Waals surface area contributed by atoms with Crippen LogP contribution in [-0.2, 0) is 5.41 Å². The predicted molar refractivity (Wildman–Crippen MR) is 239 cm³/mol. The van der Waals surface area contributed by atoms with Gasteiger partial charge in [0.25, 0.3) is 0 Å². The molecule has 0 unspecified atom stereocenters. The van der Waals surface area contributed by atoms with Crippen LogP contribution >= 0.6 is 11.3 Å². The molecule has 56 heavy (non-hydrogen) atoms. The zero-order chi connectivity index (χ0) is 37.4. The zero-order valence-electron chi connectivity index (χ0n) is 31.3. The summed E-state index contributed by atoms with van der Waals surface area (Å²) >= 11 is 1.76. The van der Waals surface area contributed by atoms with Crippen LogP contribution < -0.4 is 0 Å². The SMILES string of the molecule is CC1(C)c2ccccc2-c2cc3c(-c4ccccc4-c4ccccc4)c4ccc(-c5nc6ccccc6s5)cc4c(-c4ccccc4-c4ccccc4)c3cc21. The minimum atomic E-state index is -0.157. The molecule has 1 heterocycles. The van der Waals surface area contributed by atoms with Crippen molar-refractivity contribution in [2.75, 3.05) is 0 Å². The number of rotatable bonds is 5. The van der Waals surface area contributed by atoms with Crippen molar-refractivity contribution in [2.24, 2.45) is 0 Å². The Morgan fingerprint density at radius 1 is 0.375 bits per heavy atom. The molecular formula is C54H37NS. The lowest BCUT2D eigenvalue weighted by Crippen LogP contribution is -2.14. The number of fused-ring (bicyclic) bond motifs is 6. The number of benzene rings is 9. The Labute approximate surface area is 331 Å². The number of hydrogen-bond donors (Lipinski definition) is 0. The molecule has 0 amide bonds. The highest BCUT2D eigenvalue weighted by molar-refractivity contribution is 7.21. The Bertz CT molecular complexity index is 3120. The molecular weight excluding hydrogens is 695 g/mol. The Balaban J connectivity index is 1.34. The van der Waals surface area contributed by atoms with Crippen LogP contribution in [0.15, 0.2) is 188 Å². The molecule has 10 aromatic rings. The topological polar surface area (TPSA) is 12.9 Å². The standard InChI is InChI=1S/C54H37NS/c1-54(2)47-26-14-13-23-39(47)43-32-45-46(33-48(43)54)52(41-25-12-10-22-38(41)35-19-7-4-8-20-35)44-31-36(53-55-49-27-15-16-28-50(49)56-53)29-30-42(44)51(45)40-24-11-9-21-37(40)34-17-5-3-6-18-34/h3-33H,1-2H3. The first kappa shape index (κ1) is 32.8. The van der Waals surface area contributed by atoms with Crippen molar-refractivity contribution in [2.45, 2.75) is 19.3 Å². The van der Waals surface area contributed by atoms with Crippen molar-refractivity contribution in [1.82, 2.24) is 4.98 Å². The van der Waals surface area contributed by atoms with Crippen LogP contribution in [0.5, 0.6) is 0 Å². The second kappa shape index (κ2) is 12.7. The smallest absolute Gasteiger partial charge is 0.124 e. The van der Waals surface area contributed by atoms with Crippen LogP contribution in [0.2, 0.25) is 0 Å². The third kappa shape index (κ3) is 5.03. The highest BCUT2D eigenvalue weighted by Gasteiger charge is 2.36. The summed E-state index contributed by atoms with van der Waals surface area (Å²) in [6.07, 6.45) is 0. The van der Waals surface area contributed by atoms with Crippen molar-refractivity contribution in [3.8, 4) is 66.2 Å². The van der Waals surface area contributed by atoms with Crippen LogP contribution in [0.25, 0.3) is 98.0 Å². The highest BCUT2D eigenvalue weighted by atomic mass is 32.1. The summed E-state index contributed by atoms with van der Waals surface area (Å²) in [6.45, 7) is 4.78. The van der Waals surface area contributed by atoms with Gasteiger partial charge in [-0.2, -0.15) is 0 Å². The summed E-state index contributed by atoms with van der Waals surface area (Å²) in [4.78, 5) is 5.16. The summed E-state index contributed by atoms with van der Waals surface area (Å²) in [5.41, 5.74) is 17.3. The van der Waals surface area contributed by atoms with Crippen molar-refractivity contribution >= 4 is 43.1 Å². The molecule has 0 aliphatic heterocycles. The zero-order valence-corrected chi connectivity index (χ0v) is 32.1. The monoisotopic (exact) mass is 731 g/mol. The lowest BCUT2D eigenvalue weighted by molar-refractivity contribution is 0.661. The molecule has 1 aliphatic carbocycles. The van der Waals surface area contributed by atoms with Crippen LogP contribution in [0.3, 0.4) is 0 Å². The molecule has 2 heteroatoms. The Morgan fingerprint density at radius 3 is 1.55 bits per heavy atom. The lowest BCUT2D eigenvalue weighted by Gasteiger charge is -2.25. The fourth-order valence-corrected chi connectivity index (χ4v) is 10.2. The Morgan fingerprint density at radius 2 is 0.893 bits per heavy atom. The van der Waals surface area contributed by atoms with E-state index in [1.165, 1.54) is 93.0 Å². The van der Waals surface area contributed by atoms with E-state index in [0.29, 0.717) is 0 Å². The van der Waals surface area contributed by atoms with Gasteiger partial charge in [0.15, 0.2) is 0 Å². The molecule has 0 radical (unpaired) electrons. The molecule has 0 spiro atoms. The van der Waals surface area contributed by atoms with Gasteiger partial charge in [-0.25, -0.2) is 4.98 Å². The van der Waals surface area contributed by atoms with Crippen molar-refractivity contribution in [3.05, 3.63) is 199 Å². The quantitative estimate of drug-likeness (QED) is 0.161. The minimum absolute atomic E-state index is 0.157. The maximum absolute atomic E-state index is 5.16. The number of hydrogen-bond acceptors (Lipinski definition) is 2. The Kier molecular flexibility index (Phi) is 7.45. The van der Waals surface area contributed by atoms with Gasteiger partial charge < -0.3 is 0 Å². The fourth-order valence-electron chi connectivity index (χ4n) is 9.27. The molecule has 1 nitrogen and oxygen atoms in total. The summed E-state index contributed by atoms with van der Waals surface area (Å²) in [5, 5.41) is 6.02. The van der Waals surface area contributed by atoms with Gasteiger partial charge in [0, 0.05) is 11.0 Å². The first-order valence-electron chi connectivity index (χ1n) is 19.4. The summed E-state index contributed by atoms with van der Waals surface area (Å²) in [6, 6.07) is 69.2. The number of nitrogens with zero attached hydrogens (tertiary/aromatic N) is 1. The van der Waals surface area contributed by atoms with Crippen molar-refractivity contribution in [3.63, 3.8) is 0 Å². The molecule has 0 bridgehead atoms. The second-order valence-electron chi connectivity index (χ2n) is 15.4. The van der Waals surface area contributed by atoms with E-state index in [-0.39, 0.29) is 5.41 Å². The Hall–Kier alpha value is -6.61. The van der Waals surface area contributed by atoms with Gasteiger partial charge in [0.05, 0.1) is 10.2 Å². The third-order valence-corrected chi connectivity index (χ3v) is 13.0. The van der Waals surface area contributed by atoms with Crippen molar-refractivity contribution < 1.29 is 0 Å². The molecule has 264 valence electrons. The number of para-hydroxylation sites is 1. The van der Waals surface area contributed by atoms with Gasteiger partial charge in [-0.3, -0.25) is 0 Å². The normalized spacial score (nSPS) is 13.0. The van der Waals surface area contributed by atoms with Gasteiger partial charge in [-0.1, -0.05) is 172 Å². The van der Waals surface area contributed by atoms with Gasteiger partial charge in [-0.15, -0.1) is 11.3 Å². The van der Waals surface area contributed by atoms with Gasteiger partial charge in [-0.05, 0) is 119 Å². The van der Waals surface area contributed by atoms with E-state index >= 15 is 0 Å². The van der Waals surface area contributed by atoms with Gasteiger partial charge in [0.1, 0.15) is 5.01 Å². The van der Waals surface area contributed by atoms with E-state index in [2.05, 4.69) is 202 Å². The van der Waals surface area contributed by atoms with Crippen LogP contribution in [0.1, 0.15) is 25.0 Å². The molecule has 0 fully saturated rings. The van der Waals surface area contributed by atoms with Crippen LogP contribution in [0, 0.1) is 0 Å². The molecule has 0 saturated heterocycles. The second-order valence-corrected chi connectivity index (χ2v) is 16.5. The summed E-state index contributed by atoms with van der Waals surface area (Å²) in [5.74, 6) is 0. The van der Waals surface area contributed by atoms with E-state index in [1.807, 2.05) is 0 Å². The maximum atomic E-state index is 5.16. The van der Waals surface area contributed by atoms with E-state index in [0.717, 1.165) is 16.1 Å².